The summed E-state index contributed by atoms with van der Waals surface area (Å²) >= 11 is 0. The number of urea groups is 1. The van der Waals surface area contributed by atoms with Crippen LogP contribution in [0.4, 0.5) is 10.5 Å². The lowest BCUT2D eigenvalue weighted by atomic mass is 9.96. The number of nitrogens with one attached hydrogen (secondary N) is 1. The molecule has 4 aromatic rings. The Morgan fingerprint density at radius 2 is 1.41 bits per heavy atom. The van der Waals surface area contributed by atoms with Crippen LogP contribution >= 0.6 is 0 Å². The zero-order valence-electron chi connectivity index (χ0n) is 25.5. The Kier molecular flexibility index (Phi) is 11.8. The van der Waals surface area contributed by atoms with E-state index in [0.717, 1.165) is 36.1 Å². The molecule has 0 aliphatic heterocycles. The normalized spacial score (nSPS) is 12.1. The SMILES string of the molecule is CCCCc1ccc(NC(=O)N(CCCOc2ccc(C[C@](C)(Oc3ccccc3)C(=O)[O-])cc2)Cc2ccccc2)cc1. The number of carbonyl (C=O) groups excluding carboxylic acids is 2. The fourth-order valence-electron chi connectivity index (χ4n) is 4.83. The highest BCUT2D eigenvalue weighted by Crippen LogP contribution is 2.23. The molecule has 0 unspecified atom stereocenters. The first-order chi connectivity index (χ1) is 21.3. The average Bonchev–Trinajstić information content (AvgIpc) is 3.03. The number of rotatable bonds is 16. The first-order valence-electron chi connectivity index (χ1n) is 15.2. The van der Waals surface area contributed by atoms with Gasteiger partial charge in [-0.05, 0) is 79.3 Å². The number of aryl methyl sites for hydroxylation is 1. The quantitative estimate of drug-likeness (QED) is 0.147. The van der Waals surface area contributed by atoms with Gasteiger partial charge in [0.25, 0.3) is 0 Å². The number of benzene rings is 4. The molecule has 0 aliphatic rings. The lowest BCUT2D eigenvalue weighted by molar-refractivity contribution is -0.321. The number of carboxylic acid groups (broad SMARTS) is 1. The summed E-state index contributed by atoms with van der Waals surface area (Å²) in [4.78, 5) is 27.0. The average molecular weight is 594 g/mol. The molecule has 2 amide bonds. The van der Waals surface area contributed by atoms with Crippen LogP contribution in [-0.2, 0) is 24.2 Å². The molecule has 0 saturated carbocycles. The highest BCUT2D eigenvalue weighted by molar-refractivity contribution is 5.89. The van der Waals surface area contributed by atoms with E-state index in [4.69, 9.17) is 9.47 Å². The van der Waals surface area contributed by atoms with Gasteiger partial charge in [-0.15, -0.1) is 0 Å². The molecule has 7 heteroatoms. The van der Waals surface area contributed by atoms with E-state index < -0.39 is 11.6 Å². The van der Waals surface area contributed by atoms with Crippen molar-refractivity contribution in [1.82, 2.24) is 4.90 Å². The molecule has 44 heavy (non-hydrogen) atoms. The summed E-state index contributed by atoms with van der Waals surface area (Å²) in [6.07, 6.45) is 4.10. The summed E-state index contributed by atoms with van der Waals surface area (Å²) in [6, 6.07) is 33.9. The third kappa shape index (κ3) is 9.90. The van der Waals surface area contributed by atoms with Gasteiger partial charge in [-0.25, -0.2) is 4.79 Å². The van der Waals surface area contributed by atoms with Crippen molar-refractivity contribution in [3.63, 3.8) is 0 Å². The van der Waals surface area contributed by atoms with Crippen molar-refractivity contribution in [1.29, 1.82) is 0 Å². The summed E-state index contributed by atoms with van der Waals surface area (Å²) in [5.41, 5.74) is 2.35. The molecule has 4 rings (SSSR count). The van der Waals surface area contributed by atoms with E-state index in [2.05, 4.69) is 24.4 Å². The van der Waals surface area contributed by atoms with E-state index in [-0.39, 0.29) is 12.5 Å². The molecule has 7 nitrogen and oxygen atoms in total. The molecule has 0 fully saturated rings. The second-order valence-electron chi connectivity index (χ2n) is 11.1. The van der Waals surface area contributed by atoms with Gasteiger partial charge in [0.2, 0.25) is 0 Å². The largest absolute Gasteiger partial charge is 0.546 e. The lowest BCUT2D eigenvalue weighted by Crippen LogP contribution is -2.52. The Balaban J connectivity index is 1.30. The van der Waals surface area contributed by atoms with Gasteiger partial charge in [0.15, 0.2) is 0 Å². The van der Waals surface area contributed by atoms with Gasteiger partial charge in [0.05, 0.1) is 12.6 Å². The molecule has 0 bridgehead atoms. The maximum absolute atomic E-state index is 13.3. The minimum absolute atomic E-state index is 0.134. The molecule has 4 aromatic carbocycles. The van der Waals surface area contributed by atoms with E-state index in [1.807, 2.05) is 72.8 Å². The van der Waals surface area contributed by atoms with Crippen LogP contribution in [0.3, 0.4) is 0 Å². The summed E-state index contributed by atoms with van der Waals surface area (Å²) in [5.74, 6) is -0.153. The fraction of sp³-hybridized carbons (Fsp3) is 0.297. The van der Waals surface area contributed by atoms with E-state index in [1.165, 1.54) is 12.5 Å². The second-order valence-corrected chi connectivity index (χ2v) is 11.1. The van der Waals surface area contributed by atoms with Crippen molar-refractivity contribution in [3.8, 4) is 11.5 Å². The van der Waals surface area contributed by atoms with E-state index in [0.29, 0.717) is 37.6 Å². The molecule has 0 saturated heterocycles. The minimum Gasteiger partial charge on any atom is -0.546 e. The van der Waals surface area contributed by atoms with Crippen molar-refractivity contribution in [2.45, 2.75) is 58.1 Å². The van der Waals surface area contributed by atoms with E-state index >= 15 is 0 Å². The summed E-state index contributed by atoms with van der Waals surface area (Å²) < 4.78 is 11.7. The summed E-state index contributed by atoms with van der Waals surface area (Å²) in [6.45, 7) is 5.10. The maximum atomic E-state index is 13.3. The summed E-state index contributed by atoms with van der Waals surface area (Å²) in [5, 5.41) is 15.0. The van der Waals surface area contributed by atoms with Crippen LogP contribution in [0.15, 0.2) is 109 Å². The number of carboxylic acids is 1. The van der Waals surface area contributed by atoms with Crippen LogP contribution in [0.2, 0.25) is 0 Å². The molecule has 0 aromatic heterocycles. The smallest absolute Gasteiger partial charge is 0.322 e. The molecular weight excluding hydrogens is 552 g/mol. The minimum atomic E-state index is -1.52. The standard InChI is InChI=1S/C37H42N2O5/c1-3-4-12-29-17-21-32(22-18-29)38-36(42)39(28-31-13-7-5-8-14-31)25-11-26-43-33-23-19-30(20-24-33)27-37(2,35(40)41)44-34-15-9-6-10-16-34/h5-10,13-24H,3-4,11-12,25-28H2,1-2H3,(H,38,42)(H,40,41)/p-1/t37-/m0/s1. The number of para-hydroxylation sites is 1. The van der Waals surface area contributed by atoms with Crippen LogP contribution < -0.4 is 19.9 Å². The Morgan fingerprint density at radius 3 is 2.05 bits per heavy atom. The van der Waals surface area contributed by atoms with Crippen molar-refractivity contribution >= 4 is 17.7 Å². The molecule has 230 valence electrons. The third-order valence-electron chi connectivity index (χ3n) is 7.35. The van der Waals surface area contributed by atoms with Crippen molar-refractivity contribution in [3.05, 3.63) is 126 Å². The molecule has 1 N–H and O–H groups in total. The Hall–Kier alpha value is -4.78. The number of anilines is 1. The number of nitrogens with zero attached hydrogens (tertiary/aromatic N) is 1. The number of hydrogen-bond acceptors (Lipinski definition) is 5. The van der Waals surface area contributed by atoms with Gasteiger partial charge in [-0.2, -0.15) is 0 Å². The third-order valence-corrected chi connectivity index (χ3v) is 7.35. The summed E-state index contributed by atoms with van der Waals surface area (Å²) in [7, 11) is 0. The van der Waals surface area contributed by atoms with Crippen molar-refractivity contribution in [2.24, 2.45) is 0 Å². The second kappa shape index (κ2) is 16.2. The van der Waals surface area contributed by atoms with Crippen molar-refractivity contribution < 1.29 is 24.2 Å². The Labute approximate surface area is 260 Å². The predicted octanol–water partition coefficient (Wildman–Crippen LogP) is 6.66. The first-order valence-corrected chi connectivity index (χ1v) is 15.2. The lowest BCUT2D eigenvalue weighted by Gasteiger charge is -2.32. The van der Waals surface area contributed by atoms with Gasteiger partial charge in [-0.1, -0.05) is 86.1 Å². The van der Waals surface area contributed by atoms with Gasteiger partial charge in [-0.3, -0.25) is 0 Å². The van der Waals surface area contributed by atoms with Crippen LogP contribution in [0.1, 0.15) is 49.8 Å². The highest BCUT2D eigenvalue weighted by Gasteiger charge is 2.29. The Bertz CT molecular complexity index is 1440. The number of amides is 2. The molecule has 0 aliphatic carbocycles. The number of unbranched alkanes of at least 4 members (excludes halogenated alkanes) is 1. The van der Waals surface area contributed by atoms with Gasteiger partial charge >= 0.3 is 6.03 Å². The van der Waals surface area contributed by atoms with Gasteiger partial charge in [0, 0.05) is 25.2 Å². The van der Waals surface area contributed by atoms with Crippen LogP contribution in [0.25, 0.3) is 0 Å². The zero-order valence-corrected chi connectivity index (χ0v) is 25.5. The van der Waals surface area contributed by atoms with Gasteiger partial charge < -0.3 is 29.6 Å². The Morgan fingerprint density at radius 1 is 0.773 bits per heavy atom. The maximum Gasteiger partial charge on any atom is 0.322 e. The fourth-order valence-corrected chi connectivity index (χ4v) is 4.83. The number of ether oxygens (including phenoxy) is 2. The molecule has 0 heterocycles. The number of carbonyl (C=O) groups is 2. The molecule has 1 atom stereocenters. The first kappa shape index (κ1) is 32.1. The number of aliphatic carboxylic acids is 1. The van der Waals surface area contributed by atoms with Crippen LogP contribution in [-0.4, -0.2) is 35.7 Å². The van der Waals surface area contributed by atoms with E-state index in [1.54, 1.807) is 29.2 Å². The van der Waals surface area contributed by atoms with Crippen LogP contribution in [0.5, 0.6) is 11.5 Å². The molecular formula is C37H41N2O5-. The molecule has 0 spiro atoms. The van der Waals surface area contributed by atoms with E-state index in [9.17, 15) is 14.7 Å². The van der Waals surface area contributed by atoms with Crippen molar-refractivity contribution in [2.75, 3.05) is 18.5 Å². The van der Waals surface area contributed by atoms with Gasteiger partial charge in [0.1, 0.15) is 17.1 Å². The topological polar surface area (TPSA) is 90.9 Å². The zero-order chi connectivity index (χ0) is 31.2. The predicted molar refractivity (Wildman–Crippen MR) is 172 cm³/mol. The molecule has 0 radical (unpaired) electrons. The highest BCUT2D eigenvalue weighted by atomic mass is 16.5. The number of hydrogen-bond donors (Lipinski definition) is 1. The van der Waals surface area contributed by atoms with Crippen LogP contribution in [0, 0.1) is 0 Å². The monoisotopic (exact) mass is 593 g/mol.